The monoisotopic (exact) mass is 316 g/mol. The van der Waals surface area contributed by atoms with Crippen molar-refractivity contribution in [1.82, 2.24) is 0 Å². The van der Waals surface area contributed by atoms with Crippen LogP contribution in [0.3, 0.4) is 0 Å². The Morgan fingerprint density at radius 1 is 1.09 bits per heavy atom. The van der Waals surface area contributed by atoms with Gasteiger partial charge in [0.1, 0.15) is 0 Å². The molecule has 2 nitrogen and oxygen atoms in total. The van der Waals surface area contributed by atoms with Gasteiger partial charge in [0, 0.05) is 6.42 Å². The normalized spacial score (nSPS) is 50.6. The van der Waals surface area contributed by atoms with Crippen LogP contribution in [0.2, 0.25) is 0 Å². The third kappa shape index (κ3) is 2.13. The van der Waals surface area contributed by atoms with Gasteiger partial charge in [-0.05, 0) is 92.4 Å². The quantitative estimate of drug-likeness (QED) is 0.772. The first-order valence-electron chi connectivity index (χ1n) is 9.78. The fourth-order valence-corrected chi connectivity index (χ4v) is 7.39. The molecule has 0 saturated heterocycles. The van der Waals surface area contributed by atoms with Gasteiger partial charge in [-0.2, -0.15) is 0 Å². The second kappa shape index (κ2) is 5.18. The fourth-order valence-electron chi connectivity index (χ4n) is 7.39. The number of rotatable bonds is 1. The Hall–Kier alpha value is -0.630. The van der Waals surface area contributed by atoms with Crippen molar-refractivity contribution in [2.75, 3.05) is 0 Å². The zero-order valence-corrected chi connectivity index (χ0v) is 15.0. The lowest BCUT2D eigenvalue weighted by molar-refractivity contribution is -0.117. The van der Waals surface area contributed by atoms with E-state index in [0.717, 1.165) is 37.0 Å². The molecule has 0 spiro atoms. The molecule has 2 heteroatoms. The van der Waals surface area contributed by atoms with Gasteiger partial charge in [0.15, 0.2) is 5.78 Å². The van der Waals surface area contributed by atoms with Gasteiger partial charge in [-0.1, -0.05) is 19.4 Å². The number of hydrogen-bond donors (Lipinski definition) is 1. The van der Waals surface area contributed by atoms with E-state index in [2.05, 4.69) is 13.8 Å². The third-order valence-electron chi connectivity index (χ3n) is 8.62. The summed E-state index contributed by atoms with van der Waals surface area (Å²) in [6.45, 7) is 6.92. The van der Waals surface area contributed by atoms with Crippen molar-refractivity contribution in [3.05, 3.63) is 11.6 Å². The number of allylic oxidation sites excluding steroid dienone is 1. The number of aliphatic hydroxyl groups excluding tert-OH is 1. The molecule has 0 amide bonds. The van der Waals surface area contributed by atoms with E-state index >= 15 is 0 Å². The molecule has 4 rings (SSSR count). The maximum atomic E-state index is 11.9. The molecular weight excluding hydrogens is 284 g/mol. The Morgan fingerprint density at radius 2 is 1.87 bits per heavy atom. The van der Waals surface area contributed by atoms with Crippen molar-refractivity contribution in [2.45, 2.75) is 78.2 Å². The van der Waals surface area contributed by atoms with Crippen molar-refractivity contribution in [3.8, 4) is 0 Å². The van der Waals surface area contributed by atoms with E-state index < -0.39 is 0 Å². The van der Waals surface area contributed by atoms with Crippen LogP contribution in [0, 0.1) is 34.5 Å². The molecule has 0 bridgehead atoms. The van der Waals surface area contributed by atoms with E-state index in [1.165, 1.54) is 37.7 Å². The summed E-state index contributed by atoms with van der Waals surface area (Å²) in [5.41, 5.74) is 2.09. The van der Waals surface area contributed by atoms with E-state index in [0.29, 0.717) is 17.1 Å². The van der Waals surface area contributed by atoms with E-state index in [1.807, 2.05) is 13.0 Å². The minimum absolute atomic E-state index is 0.163. The van der Waals surface area contributed by atoms with Crippen LogP contribution in [-0.4, -0.2) is 17.0 Å². The maximum absolute atomic E-state index is 11.9. The largest absolute Gasteiger partial charge is 0.393 e. The minimum atomic E-state index is -0.163. The second-order valence-electron chi connectivity index (χ2n) is 9.44. The summed E-state index contributed by atoms with van der Waals surface area (Å²) in [5.74, 6) is 3.21. The van der Waals surface area contributed by atoms with Crippen LogP contribution < -0.4 is 0 Å². The molecule has 0 aromatic heterocycles. The highest BCUT2D eigenvalue weighted by Gasteiger charge is 2.59. The molecular formula is C21H32O2. The smallest absolute Gasteiger partial charge is 0.155 e. The van der Waals surface area contributed by atoms with Crippen LogP contribution in [0.5, 0.6) is 0 Å². The first-order valence-corrected chi connectivity index (χ1v) is 9.78. The Labute approximate surface area is 140 Å². The Balaban J connectivity index is 1.66. The van der Waals surface area contributed by atoms with E-state index in [4.69, 9.17) is 0 Å². The van der Waals surface area contributed by atoms with Crippen molar-refractivity contribution < 1.29 is 9.90 Å². The molecule has 1 N–H and O–H groups in total. The summed E-state index contributed by atoms with van der Waals surface area (Å²) in [6.07, 6.45) is 11.1. The number of carbonyl (C=O) groups excluding carboxylic acids is 1. The third-order valence-corrected chi connectivity index (χ3v) is 8.62. The van der Waals surface area contributed by atoms with Crippen LogP contribution in [0.15, 0.2) is 11.6 Å². The Morgan fingerprint density at radius 3 is 2.61 bits per heavy atom. The van der Waals surface area contributed by atoms with Gasteiger partial charge in [-0.15, -0.1) is 0 Å². The summed E-state index contributed by atoms with van der Waals surface area (Å²) < 4.78 is 0. The maximum Gasteiger partial charge on any atom is 0.155 e. The van der Waals surface area contributed by atoms with Crippen molar-refractivity contribution in [2.24, 2.45) is 34.5 Å². The highest BCUT2D eigenvalue weighted by atomic mass is 16.3. The van der Waals surface area contributed by atoms with Gasteiger partial charge in [0.2, 0.25) is 0 Å². The second-order valence-corrected chi connectivity index (χ2v) is 9.44. The van der Waals surface area contributed by atoms with E-state index in [1.54, 1.807) is 0 Å². The van der Waals surface area contributed by atoms with E-state index in [-0.39, 0.29) is 11.5 Å². The molecule has 0 aliphatic heterocycles. The highest BCUT2D eigenvalue weighted by Crippen LogP contribution is 2.66. The van der Waals surface area contributed by atoms with Crippen molar-refractivity contribution in [3.63, 3.8) is 0 Å². The highest BCUT2D eigenvalue weighted by molar-refractivity contribution is 5.91. The van der Waals surface area contributed by atoms with Crippen LogP contribution in [-0.2, 0) is 4.79 Å². The molecule has 128 valence electrons. The number of aliphatic hydroxyl groups is 1. The van der Waals surface area contributed by atoms with Gasteiger partial charge in [0.05, 0.1) is 6.10 Å². The van der Waals surface area contributed by atoms with Gasteiger partial charge >= 0.3 is 0 Å². The lowest BCUT2D eigenvalue weighted by Gasteiger charge is -2.58. The molecule has 7 atom stereocenters. The topological polar surface area (TPSA) is 37.3 Å². The zero-order valence-electron chi connectivity index (χ0n) is 15.0. The molecule has 0 aromatic carbocycles. The average molecular weight is 316 g/mol. The van der Waals surface area contributed by atoms with Crippen LogP contribution in [0.25, 0.3) is 0 Å². The van der Waals surface area contributed by atoms with Crippen LogP contribution >= 0.6 is 0 Å². The minimum Gasteiger partial charge on any atom is -0.393 e. The number of carbonyl (C=O) groups is 1. The summed E-state index contributed by atoms with van der Waals surface area (Å²) in [7, 11) is 0. The summed E-state index contributed by atoms with van der Waals surface area (Å²) in [5, 5.41) is 10.3. The Bertz CT molecular complexity index is 548. The van der Waals surface area contributed by atoms with Gasteiger partial charge in [-0.25, -0.2) is 0 Å². The lowest BCUT2D eigenvalue weighted by Crippen LogP contribution is -2.51. The van der Waals surface area contributed by atoms with Crippen LogP contribution in [0.1, 0.15) is 72.1 Å². The molecule has 0 radical (unpaired) electrons. The molecule has 23 heavy (non-hydrogen) atoms. The summed E-state index contributed by atoms with van der Waals surface area (Å²) in [4.78, 5) is 11.9. The lowest BCUT2D eigenvalue weighted by atomic mass is 9.46. The van der Waals surface area contributed by atoms with Gasteiger partial charge in [0.25, 0.3) is 0 Å². The first-order chi connectivity index (χ1) is 10.9. The molecule has 3 saturated carbocycles. The number of fused-ring (bicyclic) bond motifs is 5. The van der Waals surface area contributed by atoms with E-state index in [9.17, 15) is 9.90 Å². The first kappa shape index (κ1) is 15.9. The molecule has 4 aliphatic rings. The molecule has 4 aliphatic carbocycles. The number of ketones is 1. The summed E-state index contributed by atoms with van der Waals surface area (Å²) >= 11 is 0. The predicted octanol–water partition coefficient (Wildman–Crippen LogP) is 4.52. The van der Waals surface area contributed by atoms with Gasteiger partial charge in [-0.3, -0.25) is 4.79 Å². The average Bonchev–Trinajstić information content (AvgIpc) is 2.85. The SMILES string of the molecule is C[C@H](O)[C@H]1CC[C@H]2[C@@H]3CCC4=CC(=O)CC[C@@]4(C)[C@@H]3CC[C@]12C. The predicted molar refractivity (Wildman–Crippen MR) is 91.9 cm³/mol. The number of hydrogen-bond acceptors (Lipinski definition) is 2. The summed E-state index contributed by atoms with van der Waals surface area (Å²) in [6, 6.07) is 0. The van der Waals surface area contributed by atoms with Crippen molar-refractivity contribution in [1.29, 1.82) is 0 Å². The molecule has 3 fully saturated rings. The van der Waals surface area contributed by atoms with Gasteiger partial charge < -0.3 is 5.11 Å². The Kier molecular flexibility index (Phi) is 3.58. The standard InChI is InChI=1S/C21H32O2/c1-13(22)17-6-7-18-16-5-4-14-12-15(23)8-10-20(14,2)19(16)9-11-21(17,18)3/h12-13,16-19,22H,4-11H2,1-3H3/t13-,16-,17+,18-,19+,20+,21+/m0/s1. The molecule has 0 aromatic rings. The molecule has 0 unspecified atom stereocenters. The molecule has 0 heterocycles. The van der Waals surface area contributed by atoms with Crippen LogP contribution in [0.4, 0.5) is 0 Å². The fraction of sp³-hybridized carbons (Fsp3) is 0.857. The van der Waals surface area contributed by atoms with Crippen molar-refractivity contribution >= 4 is 5.78 Å². The zero-order chi connectivity index (χ0) is 16.4.